The first-order chi connectivity index (χ1) is 9.22. The number of nitrogens with zero attached hydrogens (tertiary/aromatic N) is 1. The zero-order chi connectivity index (χ0) is 13.7. The molecule has 0 aliphatic rings. The molecule has 1 heterocycles. The monoisotopic (exact) mass is 292 g/mol. The summed E-state index contributed by atoms with van der Waals surface area (Å²) in [6, 6.07) is 14.4. The molecule has 1 N–H and O–H groups in total. The Balaban J connectivity index is 2.14. The molecule has 1 aromatic carbocycles. The smallest absolute Gasteiger partial charge is 0.115 e. The Morgan fingerprint density at radius 2 is 1.89 bits per heavy atom. The van der Waals surface area contributed by atoms with E-state index in [-0.39, 0.29) is 6.04 Å². The lowest BCUT2D eigenvalue weighted by Crippen LogP contribution is -2.25. The van der Waals surface area contributed by atoms with Crippen LogP contribution in [0.15, 0.2) is 53.7 Å². The maximum atomic E-state index is 6.16. The van der Waals surface area contributed by atoms with Gasteiger partial charge in [0.15, 0.2) is 0 Å². The third-order valence-corrected chi connectivity index (χ3v) is 4.57. The number of nitrogens with one attached hydrogen (secondary N) is 1. The second kappa shape index (κ2) is 6.94. The Bertz CT molecular complexity index is 519. The minimum atomic E-state index is 0.268. The van der Waals surface area contributed by atoms with E-state index >= 15 is 0 Å². The SMILES string of the molecule is CNC(c1ccccc1)C(C)Sc1ncccc1Cl. The molecule has 1 aromatic heterocycles. The number of thioether (sulfide) groups is 1. The first-order valence-corrected chi connectivity index (χ1v) is 7.47. The van der Waals surface area contributed by atoms with Gasteiger partial charge in [-0.3, -0.25) is 0 Å². The van der Waals surface area contributed by atoms with Crippen molar-refractivity contribution in [2.24, 2.45) is 0 Å². The number of pyridine rings is 1. The second-order valence-corrected chi connectivity index (χ2v) is 6.06. The van der Waals surface area contributed by atoms with Crippen molar-refractivity contribution in [3.05, 3.63) is 59.2 Å². The Hall–Kier alpha value is -1.03. The fraction of sp³-hybridized carbons (Fsp3) is 0.267. The van der Waals surface area contributed by atoms with Crippen molar-refractivity contribution in [2.45, 2.75) is 23.2 Å². The molecule has 19 heavy (non-hydrogen) atoms. The molecule has 0 radical (unpaired) electrons. The van der Waals surface area contributed by atoms with Crippen molar-refractivity contribution in [1.29, 1.82) is 0 Å². The minimum Gasteiger partial charge on any atom is -0.312 e. The molecule has 0 fully saturated rings. The van der Waals surface area contributed by atoms with Crippen molar-refractivity contribution in [3.63, 3.8) is 0 Å². The number of hydrogen-bond donors (Lipinski definition) is 1. The molecule has 0 aliphatic heterocycles. The summed E-state index contributed by atoms with van der Waals surface area (Å²) in [7, 11) is 1.98. The van der Waals surface area contributed by atoms with Crippen LogP contribution in [0, 0.1) is 0 Å². The topological polar surface area (TPSA) is 24.9 Å². The molecule has 0 amide bonds. The Kier molecular flexibility index (Phi) is 5.25. The van der Waals surface area contributed by atoms with Gasteiger partial charge in [-0.05, 0) is 24.7 Å². The van der Waals surface area contributed by atoms with Crippen LogP contribution in [-0.4, -0.2) is 17.3 Å². The Morgan fingerprint density at radius 3 is 2.53 bits per heavy atom. The molecule has 0 aliphatic carbocycles. The van der Waals surface area contributed by atoms with Gasteiger partial charge in [-0.15, -0.1) is 0 Å². The number of halogens is 1. The molecular weight excluding hydrogens is 276 g/mol. The summed E-state index contributed by atoms with van der Waals surface area (Å²) >= 11 is 7.85. The molecule has 0 saturated heterocycles. The van der Waals surface area contributed by atoms with Crippen LogP contribution in [-0.2, 0) is 0 Å². The highest BCUT2D eigenvalue weighted by Gasteiger charge is 2.19. The zero-order valence-electron chi connectivity index (χ0n) is 11.0. The molecule has 2 nitrogen and oxygen atoms in total. The summed E-state index contributed by atoms with van der Waals surface area (Å²) in [5, 5.41) is 5.29. The third-order valence-electron chi connectivity index (χ3n) is 2.96. The number of aromatic nitrogens is 1. The maximum Gasteiger partial charge on any atom is 0.115 e. The van der Waals surface area contributed by atoms with Crippen molar-refractivity contribution in [2.75, 3.05) is 7.05 Å². The van der Waals surface area contributed by atoms with Crippen molar-refractivity contribution >= 4 is 23.4 Å². The Morgan fingerprint density at radius 1 is 1.16 bits per heavy atom. The first kappa shape index (κ1) is 14.4. The highest BCUT2D eigenvalue weighted by Crippen LogP contribution is 2.33. The summed E-state index contributed by atoms with van der Waals surface area (Å²) in [6.07, 6.45) is 1.78. The predicted octanol–water partition coefficient (Wildman–Crippen LogP) is 4.18. The molecular formula is C15H17ClN2S. The van der Waals surface area contributed by atoms with Gasteiger partial charge in [0.1, 0.15) is 5.03 Å². The molecule has 0 saturated carbocycles. The van der Waals surface area contributed by atoms with E-state index in [1.54, 1.807) is 18.0 Å². The lowest BCUT2D eigenvalue weighted by molar-refractivity contribution is 0.589. The quantitative estimate of drug-likeness (QED) is 0.837. The summed E-state index contributed by atoms with van der Waals surface area (Å²) in [4.78, 5) is 4.33. The van der Waals surface area contributed by atoms with Crippen molar-refractivity contribution < 1.29 is 0 Å². The van der Waals surface area contributed by atoms with E-state index < -0.39 is 0 Å². The number of benzene rings is 1. The molecule has 100 valence electrons. The normalized spacial score (nSPS) is 14.1. The van der Waals surface area contributed by atoms with Gasteiger partial charge in [0, 0.05) is 17.5 Å². The van der Waals surface area contributed by atoms with Crippen LogP contribution in [0.25, 0.3) is 0 Å². The van der Waals surface area contributed by atoms with E-state index in [9.17, 15) is 0 Å². The van der Waals surface area contributed by atoms with Gasteiger partial charge >= 0.3 is 0 Å². The maximum absolute atomic E-state index is 6.16. The standard InChI is InChI=1S/C15H17ClN2S/c1-11(19-15-13(16)9-6-10-18-15)14(17-2)12-7-4-3-5-8-12/h3-11,14,17H,1-2H3. The summed E-state index contributed by atoms with van der Waals surface area (Å²) in [6.45, 7) is 2.18. The Labute approximate surface area is 123 Å². The van der Waals surface area contributed by atoms with Gasteiger partial charge in [-0.1, -0.05) is 60.6 Å². The predicted molar refractivity (Wildman–Crippen MR) is 82.8 cm³/mol. The molecule has 2 atom stereocenters. The molecule has 2 aromatic rings. The third kappa shape index (κ3) is 3.72. The van der Waals surface area contributed by atoms with Crippen LogP contribution in [0.5, 0.6) is 0 Å². The fourth-order valence-corrected chi connectivity index (χ4v) is 3.37. The first-order valence-electron chi connectivity index (χ1n) is 6.21. The van der Waals surface area contributed by atoms with Gasteiger partial charge in [0.2, 0.25) is 0 Å². The average molecular weight is 293 g/mol. The minimum absolute atomic E-state index is 0.268. The van der Waals surface area contributed by atoms with Gasteiger partial charge in [-0.25, -0.2) is 4.98 Å². The van der Waals surface area contributed by atoms with Crippen LogP contribution in [0.2, 0.25) is 5.02 Å². The van der Waals surface area contributed by atoms with E-state index in [0.717, 1.165) is 5.03 Å². The zero-order valence-corrected chi connectivity index (χ0v) is 12.6. The van der Waals surface area contributed by atoms with Crippen molar-refractivity contribution in [1.82, 2.24) is 10.3 Å². The number of rotatable bonds is 5. The van der Waals surface area contributed by atoms with Crippen molar-refractivity contribution in [3.8, 4) is 0 Å². The highest BCUT2D eigenvalue weighted by molar-refractivity contribution is 8.00. The van der Waals surface area contributed by atoms with E-state index in [2.05, 4.69) is 41.5 Å². The van der Waals surface area contributed by atoms with Crippen LogP contribution < -0.4 is 5.32 Å². The molecule has 2 rings (SSSR count). The molecule has 4 heteroatoms. The molecule has 0 bridgehead atoms. The second-order valence-electron chi connectivity index (χ2n) is 4.29. The van der Waals surface area contributed by atoms with Crippen LogP contribution in [0.1, 0.15) is 18.5 Å². The van der Waals surface area contributed by atoms with Gasteiger partial charge < -0.3 is 5.32 Å². The highest BCUT2D eigenvalue weighted by atomic mass is 35.5. The number of hydrogen-bond acceptors (Lipinski definition) is 3. The van der Waals surface area contributed by atoms with Gasteiger partial charge in [-0.2, -0.15) is 0 Å². The fourth-order valence-electron chi connectivity index (χ4n) is 2.03. The van der Waals surface area contributed by atoms with Crippen LogP contribution in [0.3, 0.4) is 0 Å². The van der Waals surface area contributed by atoms with E-state index in [0.29, 0.717) is 10.3 Å². The van der Waals surface area contributed by atoms with Crippen LogP contribution >= 0.6 is 23.4 Å². The van der Waals surface area contributed by atoms with E-state index in [1.165, 1.54) is 5.56 Å². The largest absolute Gasteiger partial charge is 0.312 e. The lowest BCUT2D eigenvalue weighted by atomic mass is 10.0. The van der Waals surface area contributed by atoms with Crippen LogP contribution in [0.4, 0.5) is 0 Å². The summed E-state index contributed by atoms with van der Waals surface area (Å²) in [5.74, 6) is 0. The van der Waals surface area contributed by atoms with Gasteiger partial charge in [0.25, 0.3) is 0 Å². The van der Waals surface area contributed by atoms with E-state index in [1.807, 2.05) is 25.2 Å². The molecule has 0 spiro atoms. The van der Waals surface area contributed by atoms with E-state index in [4.69, 9.17) is 11.6 Å². The summed E-state index contributed by atoms with van der Waals surface area (Å²) < 4.78 is 0. The van der Waals surface area contributed by atoms with Gasteiger partial charge in [0.05, 0.1) is 5.02 Å². The average Bonchev–Trinajstić information content (AvgIpc) is 2.43. The molecule has 2 unspecified atom stereocenters. The summed E-state index contributed by atoms with van der Waals surface area (Å²) in [5.41, 5.74) is 1.28. The lowest BCUT2D eigenvalue weighted by Gasteiger charge is -2.23.